The van der Waals surface area contributed by atoms with Crippen molar-refractivity contribution in [3.05, 3.63) is 12.2 Å². The Balaban J connectivity index is 1.59. The Morgan fingerprint density at radius 1 is 1.10 bits per heavy atom. The molecule has 108 valence electrons. The fourth-order valence-electron chi connectivity index (χ4n) is 7.30. The molecule has 0 radical (unpaired) electrons. The van der Waals surface area contributed by atoms with Gasteiger partial charge in [0.25, 0.3) is 0 Å². The predicted octanol–water partition coefficient (Wildman–Crippen LogP) is 4.37. The van der Waals surface area contributed by atoms with Gasteiger partial charge in [0.05, 0.1) is 0 Å². The van der Waals surface area contributed by atoms with Gasteiger partial charge in [0.1, 0.15) is 5.78 Å². The van der Waals surface area contributed by atoms with Crippen LogP contribution in [-0.4, -0.2) is 5.78 Å². The van der Waals surface area contributed by atoms with E-state index in [-0.39, 0.29) is 5.41 Å². The molecule has 20 heavy (non-hydrogen) atoms. The first kappa shape index (κ1) is 12.0. The van der Waals surface area contributed by atoms with Crippen LogP contribution in [-0.2, 0) is 4.79 Å². The van der Waals surface area contributed by atoms with Gasteiger partial charge in [-0.3, -0.25) is 4.79 Å². The molecule has 0 N–H and O–H groups in total. The number of ketones is 1. The highest BCUT2D eigenvalue weighted by molar-refractivity contribution is 5.87. The third-order valence-electron chi connectivity index (χ3n) is 8.70. The first-order valence-corrected chi connectivity index (χ1v) is 8.74. The second kappa shape index (κ2) is 3.25. The van der Waals surface area contributed by atoms with Gasteiger partial charge in [-0.25, -0.2) is 0 Å². The summed E-state index contributed by atoms with van der Waals surface area (Å²) in [5.41, 5.74) is 1.17. The van der Waals surface area contributed by atoms with Crippen LogP contribution >= 0.6 is 0 Å². The van der Waals surface area contributed by atoms with E-state index in [0.29, 0.717) is 28.4 Å². The second-order valence-corrected chi connectivity index (χ2v) is 8.97. The lowest BCUT2D eigenvalue weighted by molar-refractivity contribution is -0.131. The maximum atomic E-state index is 12.4. The molecule has 0 unspecified atom stereocenters. The van der Waals surface area contributed by atoms with E-state index < -0.39 is 0 Å². The van der Waals surface area contributed by atoms with E-state index in [9.17, 15) is 4.79 Å². The fraction of sp³-hybridized carbons (Fsp3) is 0.842. The molecular formula is C19H26O. The summed E-state index contributed by atoms with van der Waals surface area (Å²) in [6, 6.07) is 0. The molecule has 0 aromatic carbocycles. The largest absolute Gasteiger partial charge is 0.299 e. The molecule has 4 saturated carbocycles. The van der Waals surface area contributed by atoms with Crippen molar-refractivity contribution < 1.29 is 4.79 Å². The van der Waals surface area contributed by atoms with Gasteiger partial charge in [0.2, 0.25) is 0 Å². The maximum absolute atomic E-state index is 12.4. The standard InChI is InChI=1S/C19H26O/c1-17-8-7-15-13(14(17)3-4-16(17)20)6-10-19-11-12(19)5-9-18(15,19)2/h6,10,12-15H,3-5,7-9,11H2,1-2H3/t12-,13-,14+,15-,17+,18-,19+/m1/s1. The minimum absolute atomic E-state index is 0.0218. The summed E-state index contributed by atoms with van der Waals surface area (Å²) in [5, 5.41) is 0. The minimum atomic E-state index is 0.0218. The van der Waals surface area contributed by atoms with Crippen LogP contribution in [0.2, 0.25) is 0 Å². The lowest BCUT2D eigenvalue weighted by Crippen LogP contribution is -2.50. The summed E-state index contributed by atoms with van der Waals surface area (Å²) >= 11 is 0. The lowest BCUT2D eigenvalue weighted by atomic mass is 9.49. The Morgan fingerprint density at radius 3 is 2.75 bits per heavy atom. The maximum Gasteiger partial charge on any atom is 0.139 e. The Bertz CT molecular complexity index is 534. The summed E-state index contributed by atoms with van der Waals surface area (Å²) in [6.45, 7) is 4.87. The van der Waals surface area contributed by atoms with Crippen LogP contribution in [0.5, 0.6) is 0 Å². The molecule has 0 saturated heterocycles. The zero-order valence-electron chi connectivity index (χ0n) is 12.8. The van der Waals surface area contributed by atoms with Gasteiger partial charge in [0, 0.05) is 11.8 Å². The Morgan fingerprint density at radius 2 is 1.95 bits per heavy atom. The third kappa shape index (κ3) is 1.06. The topological polar surface area (TPSA) is 17.1 Å². The van der Waals surface area contributed by atoms with E-state index >= 15 is 0 Å². The Labute approximate surface area is 122 Å². The highest BCUT2D eigenvalue weighted by Gasteiger charge is 2.72. The summed E-state index contributed by atoms with van der Waals surface area (Å²) < 4.78 is 0. The first-order valence-electron chi connectivity index (χ1n) is 8.74. The van der Waals surface area contributed by atoms with E-state index in [1.807, 2.05) is 0 Å². The number of carbonyl (C=O) groups excluding carboxylic acids is 1. The van der Waals surface area contributed by atoms with Crippen molar-refractivity contribution in [2.45, 2.75) is 58.8 Å². The zero-order chi connectivity index (χ0) is 13.8. The van der Waals surface area contributed by atoms with Crippen LogP contribution in [0.1, 0.15) is 58.8 Å². The number of hydrogen-bond donors (Lipinski definition) is 0. The molecule has 0 amide bonds. The summed E-state index contributed by atoms with van der Waals surface area (Å²) in [4.78, 5) is 12.4. The molecule has 1 heteroatoms. The van der Waals surface area contributed by atoms with Gasteiger partial charge in [-0.1, -0.05) is 26.0 Å². The molecule has 0 aromatic rings. The SMILES string of the molecule is C[C@]12CC[C@@H]3[C@H](C=C[C@]45C[C@H]4CC[C@]35C)[C@@H]1CCC2=O. The van der Waals surface area contributed by atoms with Crippen LogP contribution < -0.4 is 0 Å². The average molecular weight is 270 g/mol. The van der Waals surface area contributed by atoms with Crippen LogP contribution in [0.3, 0.4) is 0 Å². The molecule has 5 rings (SSSR count). The molecule has 0 aromatic heterocycles. The van der Waals surface area contributed by atoms with Crippen LogP contribution in [0.4, 0.5) is 0 Å². The van der Waals surface area contributed by atoms with Crippen LogP contribution in [0.15, 0.2) is 12.2 Å². The number of Topliss-reactive ketones (excluding diaryl/α,β-unsaturated/α-hetero) is 1. The molecule has 5 aliphatic rings. The normalized spacial score (nSPS) is 62.6. The fourth-order valence-corrected chi connectivity index (χ4v) is 7.30. The molecule has 5 aliphatic carbocycles. The number of carbonyl (C=O) groups is 1. The highest BCUT2D eigenvalue weighted by atomic mass is 16.1. The zero-order valence-corrected chi connectivity index (χ0v) is 12.8. The van der Waals surface area contributed by atoms with Gasteiger partial charge in [-0.2, -0.15) is 0 Å². The Hall–Kier alpha value is -0.590. The quantitative estimate of drug-likeness (QED) is 0.597. The van der Waals surface area contributed by atoms with Crippen molar-refractivity contribution in [2.75, 3.05) is 0 Å². The van der Waals surface area contributed by atoms with Crippen molar-refractivity contribution in [3.63, 3.8) is 0 Å². The summed E-state index contributed by atoms with van der Waals surface area (Å²) in [6.07, 6.45) is 14.1. The van der Waals surface area contributed by atoms with Gasteiger partial charge < -0.3 is 0 Å². The van der Waals surface area contributed by atoms with Crippen molar-refractivity contribution in [3.8, 4) is 0 Å². The number of hydrogen-bond acceptors (Lipinski definition) is 1. The Kier molecular flexibility index (Phi) is 1.95. The predicted molar refractivity (Wildman–Crippen MR) is 79.1 cm³/mol. The lowest BCUT2D eigenvalue weighted by Gasteiger charge is -2.55. The molecule has 4 fully saturated rings. The molecule has 0 heterocycles. The van der Waals surface area contributed by atoms with Crippen molar-refractivity contribution in [1.29, 1.82) is 0 Å². The third-order valence-corrected chi connectivity index (χ3v) is 8.70. The highest BCUT2D eigenvalue weighted by Crippen LogP contribution is 2.79. The van der Waals surface area contributed by atoms with E-state index in [1.165, 1.54) is 32.1 Å². The van der Waals surface area contributed by atoms with Crippen molar-refractivity contribution in [1.82, 2.24) is 0 Å². The minimum Gasteiger partial charge on any atom is -0.299 e. The summed E-state index contributed by atoms with van der Waals surface area (Å²) in [7, 11) is 0. The van der Waals surface area contributed by atoms with E-state index in [4.69, 9.17) is 0 Å². The van der Waals surface area contributed by atoms with Gasteiger partial charge in [0.15, 0.2) is 0 Å². The van der Waals surface area contributed by atoms with Gasteiger partial charge >= 0.3 is 0 Å². The second-order valence-electron chi connectivity index (χ2n) is 8.97. The molecule has 1 nitrogen and oxygen atoms in total. The number of allylic oxidation sites excluding steroid dienone is 2. The molecule has 1 spiro atoms. The van der Waals surface area contributed by atoms with Crippen LogP contribution in [0, 0.1) is 39.9 Å². The molecule has 7 atom stereocenters. The van der Waals surface area contributed by atoms with E-state index in [2.05, 4.69) is 26.0 Å². The van der Waals surface area contributed by atoms with Gasteiger partial charge in [-0.15, -0.1) is 0 Å². The smallest absolute Gasteiger partial charge is 0.139 e. The molecule has 0 bridgehead atoms. The average Bonchev–Trinajstić information content (AvgIpc) is 2.96. The number of rotatable bonds is 0. The van der Waals surface area contributed by atoms with Crippen LogP contribution in [0.25, 0.3) is 0 Å². The monoisotopic (exact) mass is 270 g/mol. The van der Waals surface area contributed by atoms with E-state index in [1.54, 1.807) is 0 Å². The van der Waals surface area contributed by atoms with E-state index in [0.717, 1.165) is 24.7 Å². The first-order chi connectivity index (χ1) is 9.51. The summed E-state index contributed by atoms with van der Waals surface area (Å²) in [5.74, 6) is 3.79. The molecule has 0 aliphatic heterocycles. The van der Waals surface area contributed by atoms with Crippen molar-refractivity contribution in [2.24, 2.45) is 39.9 Å². The van der Waals surface area contributed by atoms with Crippen molar-refractivity contribution >= 4 is 5.78 Å². The number of fused-ring (bicyclic) bond motifs is 4. The molecular weight excluding hydrogens is 244 g/mol. The van der Waals surface area contributed by atoms with Gasteiger partial charge in [-0.05, 0) is 73.0 Å².